The van der Waals surface area contributed by atoms with Gasteiger partial charge in [0.05, 0.1) is 12.2 Å². The van der Waals surface area contributed by atoms with Gasteiger partial charge in [-0.2, -0.15) is 0 Å². The largest absolute Gasteiger partial charge is 0.521 e. The van der Waals surface area contributed by atoms with Crippen LogP contribution in [0.3, 0.4) is 0 Å². The number of benzene rings is 4. The fourth-order valence-electron chi connectivity index (χ4n) is 4.66. The molecule has 0 heterocycles. The molecule has 0 atom stereocenters. The Labute approximate surface area is 331 Å². The van der Waals surface area contributed by atoms with Gasteiger partial charge in [0.2, 0.25) is 0 Å². The molecule has 10 heteroatoms. The molecule has 4 aromatic carbocycles. The van der Waals surface area contributed by atoms with E-state index in [0.717, 1.165) is 22.8 Å². The van der Waals surface area contributed by atoms with Crippen molar-refractivity contribution < 1.29 is 47.7 Å². The van der Waals surface area contributed by atoms with Crippen molar-refractivity contribution in [2.24, 2.45) is 0 Å². The molecule has 4 rings (SSSR count). The van der Waals surface area contributed by atoms with E-state index < -0.39 is 30.0 Å². The molecule has 4 aromatic rings. The molecule has 0 aliphatic carbocycles. The fraction of sp³-hybridized carbons (Fsp3) is 0.128. The summed E-state index contributed by atoms with van der Waals surface area (Å²) in [5.74, 6) is 9.62. The Hall–Kier alpha value is -7.69. The monoisotopic (exact) mass is 762 g/mol. The van der Waals surface area contributed by atoms with Crippen LogP contribution in [0.25, 0.3) is 11.1 Å². The van der Waals surface area contributed by atoms with E-state index in [1.165, 1.54) is 26.0 Å². The van der Waals surface area contributed by atoms with Crippen LogP contribution in [0.2, 0.25) is 0 Å². The highest BCUT2D eigenvalue weighted by molar-refractivity contribution is 5.94. The van der Waals surface area contributed by atoms with Crippen molar-refractivity contribution >= 4 is 30.0 Å². The van der Waals surface area contributed by atoms with Crippen molar-refractivity contribution in [3.63, 3.8) is 0 Å². The van der Waals surface area contributed by atoms with Gasteiger partial charge in [-0.15, -0.1) is 0 Å². The van der Waals surface area contributed by atoms with Crippen molar-refractivity contribution in [2.45, 2.75) is 33.8 Å². The van der Waals surface area contributed by atoms with Crippen LogP contribution in [0.1, 0.15) is 54.2 Å². The first-order valence-electron chi connectivity index (χ1n) is 17.3. The zero-order valence-electron chi connectivity index (χ0n) is 31.7. The van der Waals surface area contributed by atoms with Crippen molar-refractivity contribution in [3.8, 4) is 46.3 Å². The number of ether oxygens (including phenoxy) is 5. The molecular weight excluding hydrogens is 725 g/mol. The molecule has 0 amide bonds. The van der Waals surface area contributed by atoms with Crippen molar-refractivity contribution in [1.82, 2.24) is 0 Å². The van der Waals surface area contributed by atoms with Gasteiger partial charge >= 0.3 is 30.0 Å². The summed E-state index contributed by atoms with van der Waals surface area (Å²) < 4.78 is 25.8. The molecule has 0 aliphatic heterocycles. The molecule has 0 fully saturated rings. The van der Waals surface area contributed by atoms with Gasteiger partial charge in [-0.3, -0.25) is 0 Å². The first kappa shape index (κ1) is 42.1. The Morgan fingerprint density at radius 3 is 1.72 bits per heavy atom. The Balaban J connectivity index is 1.60. The normalized spacial score (nSPS) is 9.88. The second-order valence-corrected chi connectivity index (χ2v) is 12.5. The molecule has 0 bridgehead atoms. The summed E-state index contributed by atoms with van der Waals surface area (Å²) in [6.07, 6.45) is 0.367. The van der Waals surface area contributed by atoms with E-state index >= 15 is 0 Å². The smallest absolute Gasteiger partial charge is 0.462 e. The van der Waals surface area contributed by atoms with Gasteiger partial charge in [-0.1, -0.05) is 86.4 Å². The third-order valence-electron chi connectivity index (χ3n) is 7.68. The second-order valence-electron chi connectivity index (χ2n) is 12.5. The van der Waals surface area contributed by atoms with Crippen molar-refractivity contribution in [3.05, 3.63) is 167 Å². The van der Waals surface area contributed by atoms with E-state index in [2.05, 4.69) is 54.7 Å². The van der Waals surface area contributed by atoms with Gasteiger partial charge < -0.3 is 23.7 Å². The van der Waals surface area contributed by atoms with Crippen LogP contribution in [0, 0.1) is 23.7 Å². The predicted octanol–water partition coefficient (Wildman–Crippen LogP) is 8.14. The van der Waals surface area contributed by atoms with Crippen LogP contribution in [0.4, 0.5) is 4.79 Å². The standard InChI is InChI=1S/C47H38O10/c1-8-43(48)56-42-28-36(10-9-33-11-18-37(19-12-33)38-20-13-35(14-21-38)25-26-53-44(49)30(2)3)27-39(29-54-45(50)31(4)5)41(42)24-17-34-15-22-40(23-16-34)55-47(52)57-46(51)32(6)7/h8,11-16,18-23,27-28H,1-2,4,6,25-26,29H2,3,5,7H3. The van der Waals surface area contributed by atoms with E-state index in [1.54, 1.807) is 31.2 Å². The molecule has 0 N–H and O–H groups in total. The van der Waals surface area contributed by atoms with Crippen LogP contribution < -0.4 is 9.47 Å². The highest BCUT2D eigenvalue weighted by atomic mass is 16.7. The maximum Gasteiger partial charge on any atom is 0.521 e. The molecule has 0 aliphatic rings. The van der Waals surface area contributed by atoms with Crippen LogP contribution in [-0.4, -0.2) is 36.6 Å². The van der Waals surface area contributed by atoms with Crippen molar-refractivity contribution in [1.29, 1.82) is 0 Å². The summed E-state index contributed by atoms with van der Waals surface area (Å²) in [6, 6.07) is 24.8. The van der Waals surface area contributed by atoms with E-state index in [0.29, 0.717) is 34.2 Å². The van der Waals surface area contributed by atoms with Gasteiger partial charge in [0.15, 0.2) is 0 Å². The quantitative estimate of drug-likeness (QED) is 0.0265. The highest BCUT2D eigenvalue weighted by Crippen LogP contribution is 2.27. The van der Waals surface area contributed by atoms with Gasteiger partial charge in [0.1, 0.15) is 18.1 Å². The maximum absolute atomic E-state index is 12.4. The summed E-state index contributed by atoms with van der Waals surface area (Å²) in [7, 11) is 0. The number of carbonyl (C=O) groups is 5. The number of hydrogen-bond donors (Lipinski definition) is 0. The lowest BCUT2D eigenvalue weighted by molar-refractivity contribution is -0.140. The van der Waals surface area contributed by atoms with Gasteiger partial charge in [-0.25, -0.2) is 24.0 Å². The average molecular weight is 763 g/mol. The molecule has 0 radical (unpaired) electrons. The lowest BCUT2D eigenvalue weighted by Gasteiger charge is -2.12. The zero-order chi connectivity index (χ0) is 41.5. The SMILES string of the molecule is C=CC(=O)Oc1cc(C#Cc2ccc(-c3ccc(CCOC(=O)C(=C)C)cc3)cc2)cc(COC(=O)C(=C)C)c1C#Cc1ccc(OC(=O)OC(=O)C(=C)C)cc1. The van der Waals surface area contributed by atoms with Crippen LogP contribution >= 0.6 is 0 Å². The van der Waals surface area contributed by atoms with Crippen LogP contribution in [0.5, 0.6) is 11.5 Å². The third kappa shape index (κ3) is 13.0. The average Bonchev–Trinajstić information content (AvgIpc) is 3.19. The molecule has 57 heavy (non-hydrogen) atoms. The zero-order valence-corrected chi connectivity index (χ0v) is 31.7. The fourth-order valence-corrected chi connectivity index (χ4v) is 4.66. The number of hydrogen-bond acceptors (Lipinski definition) is 10. The molecule has 0 spiro atoms. The summed E-state index contributed by atoms with van der Waals surface area (Å²) >= 11 is 0. The summed E-state index contributed by atoms with van der Waals surface area (Å²) in [5, 5.41) is 0. The molecular formula is C47H38O10. The minimum Gasteiger partial charge on any atom is -0.462 e. The van der Waals surface area contributed by atoms with Gasteiger partial charge in [0, 0.05) is 51.5 Å². The Kier molecular flexibility index (Phi) is 14.8. The van der Waals surface area contributed by atoms with Crippen LogP contribution in [-0.2, 0) is 46.4 Å². The first-order chi connectivity index (χ1) is 27.2. The molecule has 0 unspecified atom stereocenters. The van der Waals surface area contributed by atoms with Crippen molar-refractivity contribution in [2.75, 3.05) is 6.61 Å². The third-order valence-corrected chi connectivity index (χ3v) is 7.68. The highest BCUT2D eigenvalue weighted by Gasteiger charge is 2.16. The van der Waals surface area contributed by atoms with Gasteiger partial charge in [-0.05, 0) is 86.0 Å². The Morgan fingerprint density at radius 1 is 0.614 bits per heavy atom. The summed E-state index contributed by atoms with van der Waals surface area (Å²) in [5.41, 5.74) is 5.86. The van der Waals surface area contributed by atoms with Gasteiger partial charge in [0.25, 0.3) is 0 Å². The number of rotatable bonds is 12. The molecule has 0 saturated heterocycles. The summed E-state index contributed by atoms with van der Waals surface area (Å²) in [6.45, 7) is 18.6. The lowest BCUT2D eigenvalue weighted by atomic mass is 10.0. The predicted molar refractivity (Wildman–Crippen MR) is 214 cm³/mol. The minimum absolute atomic E-state index is 0.0358. The van der Waals surface area contributed by atoms with E-state index in [-0.39, 0.29) is 41.4 Å². The van der Waals surface area contributed by atoms with E-state index in [9.17, 15) is 24.0 Å². The second kappa shape index (κ2) is 20.1. The van der Waals surface area contributed by atoms with Crippen LogP contribution in [0.15, 0.2) is 134 Å². The Bertz CT molecular complexity index is 2380. The van der Waals surface area contributed by atoms with E-state index in [4.69, 9.17) is 18.9 Å². The maximum atomic E-state index is 12.4. The molecule has 10 nitrogen and oxygen atoms in total. The minimum atomic E-state index is -1.22. The number of esters is 4. The lowest BCUT2D eigenvalue weighted by Crippen LogP contribution is -2.16. The number of carbonyl (C=O) groups excluding carboxylic acids is 5. The Morgan fingerprint density at radius 2 is 1.14 bits per heavy atom. The first-order valence-corrected chi connectivity index (χ1v) is 17.3. The van der Waals surface area contributed by atoms with E-state index in [1.807, 2.05) is 48.5 Å². The molecule has 0 aromatic heterocycles. The molecule has 286 valence electrons. The molecule has 0 saturated carbocycles. The topological polar surface area (TPSA) is 132 Å². The summed E-state index contributed by atoms with van der Waals surface area (Å²) in [4.78, 5) is 59.9.